The van der Waals surface area contributed by atoms with Crippen LogP contribution in [0, 0.1) is 0 Å². The Morgan fingerprint density at radius 1 is 0.919 bits per heavy atom. The number of rotatable bonds is 8. The van der Waals surface area contributed by atoms with Gasteiger partial charge in [0.25, 0.3) is 5.91 Å². The number of aromatic nitrogens is 4. The maximum Gasteiger partial charge on any atom is 0.258 e. The van der Waals surface area contributed by atoms with Crippen LogP contribution in [0.25, 0.3) is 16.8 Å². The van der Waals surface area contributed by atoms with E-state index in [1.807, 2.05) is 77.5 Å². The number of imidazole rings is 1. The van der Waals surface area contributed by atoms with Gasteiger partial charge >= 0.3 is 0 Å². The number of H-pyrrole nitrogens is 1. The van der Waals surface area contributed by atoms with E-state index in [-0.39, 0.29) is 18.2 Å². The van der Waals surface area contributed by atoms with E-state index in [4.69, 9.17) is 0 Å². The van der Waals surface area contributed by atoms with Gasteiger partial charge in [-0.1, -0.05) is 52.3 Å². The summed E-state index contributed by atoms with van der Waals surface area (Å²) in [6, 6.07) is 24.3. The Bertz CT molecular complexity index is 1530. The van der Waals surface area contributed by atoms with Gasteiger partial charge in [-0.05, 0) is 48.0 Å². The highest BCUT2D eigenvalue weighted by Crippen LogP contribution is 2.23. The van der Waals surface area contributed by atoms with Gasteiger partial charge in [0.2, 0.25) is 11.9 Å². The molecule has 0 fully saturated rings. The summed E-state index contributed by atoms with van der Waals surface area (Å²) in [5, 5.41) is 12.6. The molecular formula is C28H23BrN6O2. The number of benzene rings is 3. The summed E-state index contributed by atoms with van der Waals surface area (Å²) in [5.74, 6) is -0.0271. The van der Waals surface area contributed by atoms with Gasteiger partial charge in [-0.3, -0.25) is 24.6 Å². The van der Waals surface area contributed by atoms with E-state index in [0.29, 0.717) is 23.6 Å². The highest BCUT2D eigenvalue weighted by molar-refractivity contribution is 9.10. The Balaban J connectivity index is 1.36. The monoisotopic (exact) mass is 554 g/mol. The van der Waals surface area contributed by atoms with Gasteiger partial charge < -0.3 is 5.32 Å². The molecule has 3 N–H and O–H groups in total. The molecule has 2 amide bonds. The molecule has 0 aliphatic heterocycles. The van der Waals surface area contributed by atoms with Crippen molar-refractivity contribution in [2.45, 2.75) is 12.8 Å². The quantitative estimate of drug-likeness (QED) is 0.224. The number of halogens is 1. The fourth-order valence-corrected chi connectivity index (χ4v) is 4.26. The Labute approximate surface area is 221 Å². The number of nitrogens with one attached hydrogen (secondary N) is 3. The number of para-hydroxylation sites is 1. The van der Waals surface area contributed by atoms with Crippen LogP contribution in [0.3, 0.4) is 0 Å². The van der Waals surface area contributed by atoms with E-state index in [1.165, 1.54) is 0 Å². The van der Waals surface area contributed by atoms with Crippen molar-refractivity contribution in [3.63, 3.8) is 0 Å². The van der Waals surface area contributed by atoms with Crippen LogP contribution in [-0.2, 0) is 11.2 Å². The number of aromatic amines is 1. The van der Waals surface area contributed by atoms with E-state index in [2.05, 4.69) is 41.7 Å². The van der Waals surface area contributed by atoms with Crippen LogP contribution in [-0.4, -0.2) is 31.6 Å². The molecule has 0 aliphatic carbocycles. The second-order valence-corrected chi connectivity index (χ2v) is 9.26. The molecule has 0 saturated heterocycles. The maximum atomic E-state index is 13.2. The number of carbonyl (C=O) groups excluding carboxylic acids is 2. The summed E-state index contributed by atoms with van der Waals surface area (Å²) >= 11 is 3.50. The van der Waals surface area contributed by atoms with E-state index in [1.54, 1.807) is 24.5 Å². The van der Waals surface area contributed by atoms with Crippen LogP contribution >= 0.6 is 15.9 Å². The SMILES string of the molecule is O=C(CCc1cn(-c2cccc(Br)c2)c(NC(=O)c2cccc(-c3cn[nH]c3)c2)n1)Nc1ccccc1. The number of carbonyl (C=O) groups is 2. The van der Waals surface area contributed by atoms with Crippen LogP contribution in [0.15, 0.2) is 102 Å². The molecule has 9 heteroatoms. The van der Waals surface area contributed by atoms with Crippen molar-refractivity contribution in [2.24, 2.45) is 0 Å². The molecule has 5 aromatic rings. The molecule has 8 nitrogen and oxygen atoms in total. The third kappa shape index (κ3) is 6.02. The lowest BCUT2D eigenvalue weighted by Gasteiger charge is -2.10. The predicted octanol–water partition coefficient (Wildman–Crippen LogP) is 5.85. The highest BCUT2D eigenvalue weighted by atomic mass is 79.9. The lowest BCUT2D eigenvalue weighted by atomic mass is 10.1. The van der Waals surface area contributed by atoms with Crippen molar-refractivity contribution in [3.8, 4) is 16.8 Å². The number of amides is 2. The normalized spacial score (nSPS) is 10.7. The van der Waals surface area contributed by atoms with Crippen molar-refractivity contribution < 1.29 is 9.59 Å². The molecule has 37 heavy (non-hydrogen) atoms. The third-order valence-corrected chi connectivity index (χ3v) is 6.18. The Kier molecular flexibility index (Phi) is 7.23. The first-order valence-electron chi connectivity index (χ1n) is 11.6. The number of aryl methyl sites for hydroxylation is 1. The van der Waals surface area contributed by atoms with Gasteiger partial charge in [0.15, 0.2) is 0 Å². The smallest absolute Gasteiger partial charge is 0.258 e. The molecule has 5 rings (SSSR count). The van der Waals surface area contributed by atoms with Gasteiger partial charge in [-0.25, -0.2) is 4.98 Å². The molecule has 0 radical (unpaired) electrons. The second kappa shape index (κ2) is 11.0. The largest absolute Gasteiger partial charge is 0.326 e. The van der Waals surface area contributed by atoms with E-state index < -0.39 is 0 Å². The van der Waals surface area contributed by atoms with Crippen molar-refractivity contribution in [1.29, 1.82) is 0 Å². The molecule has 0 bridgehead atoms. The third-order valence-electron chi connectivity index (χ3n) is 5.69. The van der Waals surface area contributed by atoms with Crippen LogP contribution < -0.4 is 10.6 Å². The second-order valence-electron chi connectivity index (χ2n) is 8.34. The molecule has 3 aromatic carbocycles. The molecule has 0 unspecified atom stereocenters. The van der Waals surface area contributed by atoms with Crippen LogP contribution in [0.2, 0.25) is 0 Å². The lowest BCUT2D eigenvalue weighted by molar-refractivity contribution is -0.116. The van der Waals surface area contributed by atoms with Crippen molar-refractivity contribution in [3.05, 3.63) is 113 Å². The molecule has 184 valence electrons. The Morgan fingerprint density at radius 3 is 2.54 bits per heavy atom. The van der Waals surface area contributed by atoms with E-state index in [9.17, 15) is 9.59 Å². The molecule has 0 saturated carbocycles. The molecule has 2 aromatic heterocycles. The number of hydrogen-bond donors (Lipinski definition) is 3. The average molecular weight is 555 g/mol. The zero-order chi connectivity index (χ0) is 25.6. The standard InChI is InChI=1S/C28H23BrN6O2/c29-22-8-5-11-25(15-22)35-18-24(12-13-26(36)32-23-9-2-1-3-10-23)33-28(35)34-27(37)20-7-4-6-19(14-20)21-16-30-31-17-21/h1-11,14-18H,12-13H2,(H,30,31)(H,32,36)(H,33,34,37). The zero-order valence-corrected chi connectivity index (χ0v) is 21.3. The van der Waals surface area contributed by atoms with Gasteiger partial charge in [-0.2, -0.15) is 5.10 Å². The summed E-state index contributed by atoms with van der Waals surface area (Å²) in [7, 11) is 0. The summed E-state index contributed by atoms with van der Waals surface area (Å²) in [6.45, 7) is 0. The van der Waals surface area contributed by atoms with Gasteiger partial charge in [0.05, 0.1) is 11.9 Å². The van der Waals surface area contributed by atoms with E-state index >= 15 is 0 Å². The molecule has 0 aliphatic rings. The Hall–Kier alpha value is -4.50. The molecule has 2 heterocycles. The minimum atomic E-state index is -0.291. The summed E-state index contributed by atoms with van der Waals surface area (Å²) in [5.41, 5.74) is 4.52. The fraction of sp³-hybridized carbons (Fsp3) is 0.0714. The highest BCUT2D eigenvalue weighted by Gasteiger charge is 2.16. The predicted molar refractivity (Wildman–Crippen MR) is 147 cm³/mol. The minimum absolute atomic E-state index is 0.107. The van der Waals surface area contributed by atoms with Crippen LogP contribution in [0.1, 0.15) is 22.5 Å². The van der Waals surface area contributed by atoms with Gasteiger partial charge in [0.1, 0.15) is 0 Å². The fourth-order valence-electron chi connectivity index (χ4n) is 3.87. The molecule has 0 atom stereocenters. The average Bonchev–Trinajstić information content (AvgIpc) is 3.59. The summed E-state index contributed by atoms with van der Waals surface area (Å²) < 4.78 is 2.71. The number of anilines is 2. The zero-order valence-electron chi connectivity index (χ0n) is 19.7. The number of hydrogen-bond acceptors (Lipinski definition) is 4. The summed E-state index contributed by atoms with van der Waals surface area (Å²) in [4.78, 5) is 30.3. The van der Waals surface area contributed by atoms with Crippen LogP contribution in [0.5, 0.6) is 0 Å². The molecule has 0 spiro atoms. The van der Waals surface area contributed by atoms with Gasteiger partial charge in [-0.15, -0.1) is 0 Å². The summed E-state index contributed by atoms with van der Waals surface area (Å²) in [6.07, 6.45) is 5.99. The molecular weight excluding hydrogens is 532 g/mol. The lowest BCUT2D eigenvalue weighted by Crippen LogP contribution is -2.15. The van der Waals surface area contributed by atoms with E-state index in [0.717, 1.165) is 27.0 Å². The first kappa shape index (κ1) is 24.2. The first-order valence-corrected chi connectivity index (χ1v) is 12.4. The van der Waals surface area contributed by atoms with Crippen LogP contribution in [0.4, 0.5) is 11.6 Å². The van der Waals surface area contributed by atoms with Crippen molar-refractivity contribution in [2.75, 3.05) is 10.6 Å². The number of nitrogens with zero attached hydrogens (tertiary/aromatic N) is 3. The minimum Gasteiger partial charge on any atom is -0.326 e. The first-order chi connectivity index (χ1) is 18.0. The Morgan fingerprint density at radius 2 is 1.76 bits per heavy atom. The van der Waals surface area contributed by atoms with Gasteiger partial charge in [0, 0.05) is 52.2 Å². The maximum absolute atomic E-state index is 13.2. The topological polar surface area (TPSA) is 105 Å². The van der Waals surface area contributed by atoms with Crippen molar-refractivity contribution >= 4 is 39.4 Å². The van der Waals surface area contributed by atoms with Crippen molar-refractivity contribution in [1.82, 2.24) is 19.7 Å².